The van der Waals surface area contributed by atoms with Gasteiger partial charge >= 0.3 is 0 Å². The number of rotatable bonds is 5. The first kappa shape index (κ1) is 13.9. The lowest BCUT2D eigenvalue weighted by atomic mass is 9.68. The van der Waals surface area contributed by atoms with Gasteiger partial charge in [-0.05, 0) is 87.9 Å². The van der Waals surface area contributed by atoms with Gasteiger partial charge in [-0.25, -0.2) is 0 Å². The first-order chi connectivity index (χ1) is 8.83. The SMILES string of the molecule is C=CCC1CCC(C2CCC(CC=C)CC2)CC1. The molecule has 0 N–H and O–H groups in total. The predicted molar refractivity (Wildman–Crippen MR) is 80.5 cm³/mol. The third-order valence-electron chi connectivity index (χ3n) is 5.45. The minimum Gasteiger partial charge on any atom is -0.103 e. The van der Waals surface area contributed by atoms with Gasteiger partial charge in [0.05, 0.1) is 0 Å². The first-order valence-electron chi connectivity index (χ1n) is 8.05. The minimum absolute atomic E-state index is 0.954. The van der Waals surface area contributed by atoms with Crippen LogP contribution in [0.25, 0.3) is 0 Å². The maximum absolute atomic E-state index is 3.88. The maximum atomic E-state index is 3.88. The van der Waals surface area contributed by atoms with E-state index in [1.807, 2.05) is 0 Å². The molecule has 18 heavy (non-hydrogen) atoms. The van der Waals surface area contributed by atoms with Gasteiger partial charge in [-0.15, -0.1) is 13.2 Å². The summed E-state index contributed by atoms with van der Waals surface area (Å²) in [6.45, 7) is 7.76. The molecule has 0 unspecified atom stereocenters. The van der Waals surface area contributed by atoms with Crippen LogP contribution in [0.5, 0.6) is 0 Å². The second-order valence-corrected chi connectivity index (χ2v) is 6.61. The zero-order chi connectivity index (χ0) is 12.8. The summed E-state index contributed by atoms with van der Waals surface area (Å²) in [5.41, 5.74) is 0. The van der Waals surface area contributed by atoms with E-state index in [2.05, 4.69) is 25.3 Å². The molecule has 0 saturated heterocycles. The molecule has 0 heteroatoms. The Kier molecular flexibility index (Phi) is 5.53. The molecule has 2 fully saturated rings. The van der Waals surface area contributed by atoms with Crippen molar-refractivity contribution < 1.29 is 0 Å². The molecule has 0 radical (unpaired) electrons. The Hall–Kier alpha value is -0.520. The highest BCUT2D eigenvalue weighted by atomic mass is 14.4. The fourth-order valence-electron chi connectivity index (χ4n) is 4.26. The predicted octanol–water partition coefficient (Wildman–Crippen LogP) is 5.75. The summed E-state index contributed by atoms with van der Waals surface area (Å²) in [5.74, 6) is 4.01. The number of hydrogen-bond acceptors (Lipinski definition) is 0. The van der Waals surface area contributed by atoms with E-state index in [4.69, 9.17) is 0 Å². The summed E-state index contributed by atoms with van der Waals surface area (Å²) in [6, 6.07) is 0. The Labute approximate surface area is 114 Å². The lowest BCUT2D eigenvalue weighted by Gasteiger charge is -2.37. The average Bonchev–Trinajstić information content (AvgIpc) is 2.41. The molecule has 0 spiro atoms. The van der Waals surface area contributed by atoms with E-state index in [9.17, 15) is 0 Å². The molecule has 2 rings (SSSR count). The second kappa shape index (κ2) is 7.16. The number of hydrogen-bond donors (Lipinski definition) is 0. The summed E-state index contributed by atoms with van der Waals surface area (Å²) < 4.78 is 0. The third kappa shape index (κ3) is 3.73. The topological polar surface area (TPSA) is 0 Å². The lowest BCUT2D eigenvalue weighted by molar-refractivity contribution is 0.147. The summed E-state index contributed by atoms with van der Waals surface area (Å²) >= 11 is 0. The Morgan fingerprint density at radius 2 is 0.944 bits per heavy atom. The monoisotopic (exact) mass is 246 g/mol. The Morgan fingerprint density at radius 1 is 0.611 bits per heavy atom. The van der Waals surface area contributed by atoms with Crippen LogP contribution in [-0.2, 0) is 0 Å². The lowest BCUT2D eigenvalue weighted by Crippen LogP contribution is -2.25. The fourth-order valence-corrected chi connectivity index (χ4v) is 4.26. The van der Waals surface area contributed by atoms with Gasteiger partial charge in [-0.1, -0.05) is 12.2 Å². The molecule has 0 heterocycles. The van der Waals surface area contributed by atoms with E-state index in [1.54, 1.807) is 0 Å². The van der Waals surface area contributed by atoms with Gasteiger partial charge in [0.2, 0.25) is 0 Å². The van der Waals surface area contributed by atoms with Crippen LogP contribution in [0, 0.1) is 23.7 Å². The molecule has 0 aromatic heterocycles. The van der Waals surface area contributed by atoms with Gasteiger partial charge in [-0.2, -0.15) is 0 Å². The fraction of sp³-hybridized carbons (Fsp3) is 0.778. The Morgan fingerprint density at radius 3 is 1.22 bits per heavy atom. The van der Waals surface area contributed by atoms with Crippen LogP contribution in [0.2, 0.25) is 0 Å². The molecular formula is C18H30. The average molecular weight is 246 g/mol. The van der Waals surface area contributed by atoms with Crippen molar-refractivity contribution in [3.8, 4) is 0 Å². The van der Waals surface area contributed by atoms with Gasteiger partial charge in [0.15, 0.2) is 0 Å². The van der Waals surface area contributed by atoms with Crippen molar-refractivity contribution in [2.24, 2.45) is 23.7 Å². The van der Waals surface area contributed by atoms with Crippen LogP contribution in [0.4, 0.5) is 0 Å². The summed E-state index contributed by atoms with van der Waals surface area (Å²) in [6.07, 6.45) is 18.6. The van der Waals surface area contributed by atoms with Crippen molar-refractivity contribution in [1.82, 2.24) is 0 Å². The van der Waals surface area contributed by atoms with Gasteiger partial charge < -0.3 is 0 Å². The molecule has 0 atom stereocenters. The molecular weight excluding hydrogens is 216 g/mol. The smallest absolute Gasteiger partial charge is 0.0325 e. The van der Waals surface area contributed by atoms with Crippen molar-refractivity contribution >= 4 is 0 Å². The largest absolute Gasteiger partial charge is 0.103 e. The zero-order valence-electron chi connectivity index (χ0n) is 11.9. The standard InChI is InChI=1S/C18H30/c1-3-5-15-7-11-17(12-8-15)18-13-9-16(6-4-2)10-14-18/h3-4,15-18H,1-2,5-14H2. The van der Waals surface area contributed by atoms with E-state index in [0.29, 0.717) is 0 Å². The van der Waals surface area contributed by atoms with Crippen molar-refractivity contribution in [3.63, 3.8) is 0 Å². The van der Waals surface area contributed by atoms with E-state index < -0.39 is 0 Å². The Bertz CT molecular complexity index is 221. The van der Waals surface area contributed by atoms with Gasteiger partial charge in [0.1, 0.15) is 0 Å². The third-order valence-corrected chi connectivity index (χ3v) is 5.45. The molecule has 2 saturated carbocycles. The van der Waals surface area contributed by atoms with Crippen molar-refractivity contribution in [2.45, 2.75) is 64.2 Å². The first-order valence-corrected chi connectivity index (χ1v) is 8.05. The van der Waals surface area contributed by atoms with Crippen LogP contribution in [0.15, 0.2) is 25.3 Å². The van der Waals surface area contributed by atoms with E-state index in [1.165, 1.54) is 64.2 Å². The van der Waals surface area contributed by atoms with E-state index in [0.717, 1.165) is 23.7 Å². The summed E-state index contributed by atoms with van der Waals surface area (Å²) in [5, 5.41) is 0. The Balaban J connectivity index is 1.71. The minimum atomic E-state index is 0.954. The zero-order valence-corrected chi connectivity index (χ0v) is 11.9. The summed E-state index contributed by atoms with van der Waals surface area (Å²) in [7, 11) is 0. The van der Waals surface area contributed by atoms with Gasteiger partial charge in [0, 0.05) is 0 Å². The molecule has 2 aliphatic rings. The van der Waals surface area contributed by atoms with Crippen molar-refractivity contribution in [1.29, 1.82) is 0 Å². The maximum Gasteiger partial charge on any atom is -0.0325 e. The highest BCUT2D eigenvalue weighted by molar-refractivity contribution is 4.85. The van der Waals surface area contributed by atoms with Crippen molar-refractivity contribution in [3.05, 3.63) is 25.3 Å². The van der Waals surface area contributed by atoms with Crippen LogP contribution in [-0.4, -0.2) is 0 Å². The molecule has 0 aliphatic heterocycles. The highest BCUT2D eigenvalue weighted by Gasteiger charge is 2.30. The molecule has 2 aliphatic carbocycles. The quantitative estimate of drug-likeness (QED) is 0.542. The van der Waals surface area contributed by atoms with Crippen LogP contribution >= 0.6 is 0 Å². The van der Waals surface area contributed by atoms with Crippen LogP contribution in [0.1, 0.15) is 64.2 Å². The normalized spacial score (nSPS) is 37.1. The second-order valence-electron chi connectivity index (χ2n) is 6.61. The molecule has 0 aromatic rings. The molecule has 102 valence electrons. The van der Waals surface area contributed by atoms with Crippen LogP contribution < -0.4 is 0 Å². The highest BCUT2D eigenvalue weighted by Crippen LogP contribution is 2.42. The van der Waals surface area contributed by atoms with Crippen LogP contribution in [0.3, 0.4) is 0 Å². The summed E-state index contributed by atoms with van der Waals surface area (Å²) in [4.78, 5) is 0. The van der Waals surface area contributed by atoms with E-state index in [-0.39, 0.29) is 0 Å². The number of allylic oxidation sites excluding steroid dienone is 2. The van der Waals surface area contributed by atoms with Crippen molar-refractivity contribution in [2.75, 3.05) is 0 Å². The molecule has 0 nitrogen and oxygen atoms in total. The molecule has 0 amide bonds. The molecule has 0 bridgehead atoms. The molecule has 0 aromatic carbocycles. The van der Waals surface area contributed by atoms with Gasteiger partial charge in [-0.3, -0.25) is 0 Å². The van der Waals surface area contributed by atoms with E-state index >= 15 is 0 Å². The van der Waals surface area contributed by atoms with Gasteiger partial charge in [0.25, 0.3) is 0 Å².